The van der Waals surface area contributed by atoms with E-state index in [1.54, 1.807) is 0 Å². The van der Waals surface area contributed by atoms with Crippen molar-refractivity contribution in [2.45, 2.75) is 51.6 Å². The molecule has 0 saturated carbocycles. The normalized spacial score (nSPS) is 20.7. The van der Waals surface area contributed by atoms with Crippen molar-refractivity contribution in [3.05, 3.63) is 0 Å². The molecule has 1 fully saturated rings. The molecule has 0 radical (unpaired) electrons. The van der Waals surface area contributed by atoms with Gasteiger partial charge >= 0.3 is 0 Å². The summed E-state index contributed by atoms with van der Waals surface area (Å²) in [5, 5.41) is 3.03. The highest BCUT2D eigenvalue weighted by Crippen LogP contribution is 2.07. The number of nitrogens with one attached hydrogen (secondary N) is 1. The molecule has 16 heavy (non-hydrogen) atoms. The number of hydrogen-bond acceptors (Lipinski definition) is 3. The summed E-state index contributed by atoms with van der Waals surface area (Å²) in [7, 11) is 0. The van der Waals surface area contributed by atoms with Crippen LogP contribution in [0.1, 0.15) is 39.5 Å². The second-order valence-electron chi connectivity index (χ2n) is 4.99. The molecule has 0 aromatic heterocycles. The van der Waals surface area contributed by atoms with Gasteiger partial charge in [-0.15, -0.1) is 0 Å². The highest BCUT2D eigenvalue weighted by molar-refractivity contribution is 5.76. The van der Waals surface area contributed by atoms with Gasteiger partial charge in [0.25, 0.3) is 0 Å². The molecule has 0 aromatic rings. The van der Waals surface area contributed by atoms with Gasteiger partial charge in [-0.3, -0.25) is 4.79 Å². The summed E-state index contributed by atoms with van der Waals surface area (Å²) in [5.74, 6) is 0.129. The van der Waals surface area contributed by atoms with Crippen LogP contribution in [0, 0.1) is 0 Å². The quantitative estimate of drug-likeness (QED) is 0.703. The summed E-state index contributed by atoms with van der Waals surface area (Å²) < 4.78 is 0. The lowest BCUT2D eigenvalue weighted by atomic mass is 10.2. The summed E-state index contributed by atoms with van der Waals surface area (Å²) in [5.41, 5.74) is 5.62. The third-order valence-corrected chi connectivity index (χ3v) is 2.96. The van der Waals surface area contributed by atoms with E-state index in [-0.39, 0.29) is 18.0 Å². The van der Waals surface area contributed by atoms with Gasteiger partial charge in [0.1, 0.15) is 0 Å². The smallest absolute Gasteiger partial charge is 0.220 e. The topological polar surface area (TPSA) is 58.4 Å². The zero-order valence-corrected chi connectivity index (χ0v) is 10.5. The Morgan fingerprint density at radius 1 is 1.38 bits per heavy atom. The highest BCUT2D eigenvalue weighted by atomic mass is 16.1. The molecule has 1 heterocycles. The average Bonchev–Trinajstić information content (AvgIpc) is 2.67. The van der Waals surface area contributed by atoms with Crippen molar-refractivity contribution in [1.29, 1.82) is 0 Å². The molecule has 1 aliphatic heterocycles. The molecule has 2 atom stereocenters. The summed E-state index contributed by atoms with van der Waals surface area (Å²) >= 11 is 0. The largest absolute Gasteiger partial charge is 0.352 e. The van der Waals surface area contributed by atoms with Crippen LogP contribution in [0.3, 0.4) is 0 Å². The van der Waals surface area contributed by atoms with Crippen LogP contribution in [0.25, 0.3) is 0 Å². The third kappa shape index (κ3) is 5.47. The number of carbonyl (C=O) groups is 1. The van der Waals surface area contributed by atoms with E-state index in [4.69, 9.17) is 5.73 Å². The van der Waals surface area contributed by atoms with Crippen LogP contribution in [0.5, 0.6) is 0 Å². The Morgan fingerprint density at radius 3 is 2.56 bits per heavy atom. The van der Waals surface area contributed by atoms with Gasteiger partial charge in [-0.2, -0.15) is 0 Å². The molecule has 3 N–H and O–H groups in total. The first kappa shape index (κ1) is 13.5. The molecule has 94 valence electrons. The lowest BCUT2D eigenvalue weighted by Gasteiger charge is -2.21. The molecule has 1 aliphatic rings. The van der Waals surface area contributed by atoms with Crippen LogP contribution in [0.15, 0.2) is 0 Å². The molecule has 1 amide bonds. The van der Waals surface area contributed by atoms with E-state index in [1.807, 2.05) is 6.92 Å². The van der Waals surface area contributed by atoms with Crippen LogP contribution in [0.4, 0.5) is 0 Å². The van der Waals surface area contributed by atoms with Crippen LogP contribution in [-0.4, -0.2) is 42.5 Å². The monoisotopic (exact) mass is 227 g/mol. The summed E-state index contributed by atoms with van der Waals surface area (Å²) in [6.07, 6.45) is 3.90. The summed E-state index contributed by atoms with van der Waals surface area (Å²) in [4.78, 5) is 14.0. The predicted octanol–water partition coefficient (Wildman–Crippen LogP) is 0.714. The predicted molar refractivity (Wildman–Crippen MR) is 66.2 cm³/mol. The SMILES string of the molecule is CC(N)CCC(=O)NC(C)CN1CCCC1. The minimum absolute atomic E-state index is 0.111. The van der Waals surface area contributed by atoms with Gasteiger partial charge in [0, 0.05) is 25.0 Å². The van der Waals surface area contributed by atoms with E-state index in [9.17, 15) is 4.79 Å². The highest BCUT2D eigenvalue weighted by Gasteiger charge is 2.15. The Hall–Kier alpha value is -0.610. The van der Waals surface area contributed by atoms with Gasteiger partial charge < -0.3 is 16.0 Å². The van der Waals surface area contributed by atoms with Crippen LogP contribution in [0.2, 0.25) is 0 Å². The number of hydrogen-bond donors (Lipinski definition) is 2. The number of carbonyl (C=O) groups excluding carboxylic acids is 1. The molecule has 4 heteroatoms. The van der Waals surface area contributed by atoms with E-state index >= 15 is 0 Å². The first-order valence-corrected chi connectivity index (χ1v) is 6.35. The van der Waals surface area contributed by atoms with Crippen molar-refractivity contribution < 1.29 is 4.79 Å². The fourth-order valence-corrected chi connectivity index (χ4v) is 2.10. The standard InChI is InChI=1S/C12H25N3O/c1-10(13)5-6-12(16)14-11(2)9-15-7-3-4-8-15/h10-11H,3-9,13H2,1-2H3,(H,14,16). The number of rotatable bonds is 6. The van der Waals surface area contributed by atoms with Crippen molar-refractivity contribution in [3.8, 4) is 0 Å². The van der Waals surface area contributed by atoms with Crippen molar-refractivity contribution >= 4 is 5.91 Å². The van der Waals surface area contributed by atoms with E-state index in [1.165, 1.54) is 25.9 Å². The first-order chi connectivity index (χ1) is 7.58. The number of nitrogens with zero attached hydrogens (tertiary/aromatic N) is 1. The van der Waals surface area contributed by atoms with Gasteiger partial charge in [-0.05, 0) is 46.2 Å². The first-order valence-electron chi connectivity index (χ1n) is 6.35. The lowest BCUT2D eigenvalue weighted by Crippen LogP contribution is -2.41. The molecule has 0 aromatic carbocycles. The molecule has 0 aliphatic carbocycles. The van der Waals surface area contributed by atoms with Crippen molar-refractivity contribution in [2.75, 3.05) is 19.6 Å². The Bertz CT molecular complexity index is 212. The minimum atomic E-state index is 0.111. The Balaban J connectivity index is 2.12. The van der Waals surface area contributed by atoms with Crippen LogP contribution >= 0.6 is 0 Å². The molecule has 4 nitrogen and oxygen atoms in total. The van der Waals surface area contributed by atoms with E-state index in [2.05, 4.69) is 17.1 Å². The molecular formula is C12H25N3O. The zero-order valence-electron chi connectivity index (χ0n) is 10.5. The van der Waals surface area contributed by atoms with E-state index < -0.39 is 0 Å². The minimum Gasteiger partial charge on any atom is -0.352 e. The van der Waals surface area contributed by atoms with Crippen LogP contribution in [-0.2, 0) is 4.79 Å². The number of amides is 1. The maximum atomic E-state index is 11.5. The Labute approximate surface area is 98.6 Å². The lowest BCUT2D eigenvalue weighted by molar-refractivity contribution is -0.121. The zero-order chi connectivity index (χ0) is 12.0. The van der Waals surface area contributed by atoms with Gasteiger partial charge in [0.05, 0.1) is 0 Å². The van der Waals surface area contributed by atoms with Crippen molar-refractivity contribution in [3.63, 3.8) is 0 Å². The number of nitrogens with two attached hydrogens (primary N) is 1. The molecule has 0 bridgehead atoms. The molecule has 1 rings (SSSR count). The Kier molecular flexibility index (Phi) is 5.77. The molecule has 1 saturated heterocycles. The van der Waals surface area contributed by atoms with Gasteiger partial charge in [-0.25, -0.2) is 0 Å². The van der Waals surface area contributed by atoms with Gasteiger partial charge in [0.15, 0.2) is 0 Å². The Morgan fingerprint density at radius 2 is 2.00 bits per heavy atom. The average molecular weight is 227 g/mol. The van der Waals surface area contributed by atoms with Crippen molar-refractivity contribution in [1.82, 2.24) is 10.2 Å². The van der Waals surface area contributed by atoms with Gasteiger partial charge in [-0.1, -0.05) is 0 Å². The maximum Gasteiger partial charge on any atom is 0.220 e. The summed E-state index contributed by atoms with van der Waals surface area (Å²) in [6.45, 7) is 7.34. The fourth-order valence-electron chi connectivity index (χ4n) is 2.10. The molecule has 0 spiro atoms. The second kappa shape index (κ2) is 6.86. The second-order valence-corrected chi connectivity index (χ2v) is 4.99. The van der Waals surface area contributed by atoms with Crippen molar-refractivity contribution in [2.24, 2.45) is 5.73 Å². The molecular weight excluding hydrogens is 202 g/mol. The van der Waals surface area contributed by atoms with E-state index in [0.717, 1.165) is 13.0 Å². The van der Waals surface area contributed by atoms with Gasteiger partial charge in [0.2, 0.25) is 5.91 Å². The molecule has 2 unspecified atom stereocenters. The van der Waals surface area contributed by atoms with Crippen LogP contribution < -0.4 is 11.1 Å². The van der Waals surface area contributed by atoms with E-state index in [0.29, 0.717) is 6.42 Å². The fraction of sp³-hybridized carbons (Fsp3) is 0.917. The summed E-state index contributed by atoms with van der Waals surface area (Å²) in [6, 6.07) is 0.360. The third-order valence-electron chi connectivity index (χ3n) is 2.96. The maximum absolute atomic E-state index is 11.5. The number of likely N-dealkylation sites (tertiary alicyclic amines) is 1.